The molecule has 5 nitrogen and oxygen atoms in total. The van der Waals surface area contributed by atoms with Gasteiger partial charge in [0.15, 0.2) is 0 Å². The first-order valence-electron chi connectivity index (χ1n) is 5.50. The molecule has 3 rings (SSSR count). The van der Waals surface area contributed by atoms with Crippen LogP contribution in [0.2, 0.25) is 0 Å². The van der Waals surface area contributed by atoms with Crippen LogP contribution in [-0.4, -0.2) is 5.48 Å². The molecule has 0 atom stereocenters. The minimum absolute atomic E-state index is 0. The number of hydrogen-bond donors (Lipinski definition) is 0. The van der Waals surface area contributed by atoms with E-state index in [1.54, 1.807) is 24.3 Å². The van der Waals surface area contributed by atoms with E-state index in [-0.39, 0.29) is 35.2 Å². The van der Waals surface area contributed by atoms with Crippen molar-refractivity contribution in [1.29, 1.82) is 10.5 Å². The second kappa shape index (κ2) is 5.43. The van der Waals surface area contributed by atoms with Crippen LogP contribution in [0.4, 0.5) is 0 Å². The highest BCUT2D eigenvalue weighted by molar-refractivity contribution is 7.18. The standard InChI is InChI=1S/C14H4N2O2S2.H2O/c15-5-9-10(6-16)20-14-12(18)8-4-2-1-3-7(8)11(17)13(14)19-9;/h1-4H;1H2. The molecule has 102 valence electrons. The molecule has 1 aliphatic heterocycles. The number of hydrogen-bond acceptors (Lipinski definition) is 6. The normalized spacial score (nSPS) is 9.81. The van der Waals surface area contributed by atoms with Gasteiger partial charge >= 0.3 is 0 Å². The molecule has 1 aliphatic carbocycles. The first-order chi connectivity index (χ1) is 9.67. The van der Waals surface area contributed by atoms with Gasteiger partial charge in [0.1, 0.15) is 21.9 Å². The third-order valence-electron chi connectivity index (χ3n) is 2.85. The van der Waals surface area contributed by atoms with Crippen LogP contribution < -0.4 is 10.9 Å². The van der Waals surface area contributed by atoms with Crippen molar-refractivity contribution in [3.63, 3.8) is 0 Å². The highest BCUT2D eigenvalue weighted by Gasteiger charge is 2.12. The van der Waals surface area contributed by atoms with Crippen molar-refractivity contribution in [2.45, 2.75) is 0 Å². The van der Waals surface area contributed by atoms with E-state index in [1.807, 2.05) is 12.1 Å². The second-order valence-corrected chi connectivity index (χ2v) is 5.99. The highest BCUT2D eigenvalue weighted by atomic mass is 32.1. The molecular weight excluding hydrogens is 308 g/mol. The van der Waals surface area contributed by atoms with E-state index in [2.05, 4.69) is 0 Å². The maximum absolute atomic E-state index is 12.4. The van der Waals surface area contributed by atoms with Crippen molar-refractivity contribution >= 4 is 33.4 Å². The zero-order valence-corrected chi connectivity index (χ0v) is 12.0. The molecule has 0 amide bonds. The average molecular weight is 314 g/mol. The van der Waals surface area contributed by atoms with Crippen molar-refractivity contribution < 1.29 is 5.48 Å². The zero-order valence-electron chi connectivity index (χ0n) is 10.3. The Kier molecular flexibility index (Phi) is 3.83. The molecule has 0 fully saturated rings. The fraction of sp³-hybridized carbons (Fsp3) is 0. The van der Waals surface area contributed by atoms with Crippen molar-refractivity contribution in [2.24, 2.45) is 0 Å². The van der Waals surface area contributed by atoms with Crippen LogP contribution in [0.3, 0.4) is 0 Å². The summed E-state index contributed by atoms with van der Waals surface area (Å²) in [5.74, 6) is 0. The molecule has 21 heavy (non-hydrogen) atoms. The summed E-state index contributed by atoms with van der Waals surface area (Å²) in [5, 5.41) is 18.7. The van der Waals surface area contributed by atoms with Gasteiger partial charge in [0, 0.05) is 10.8 Å². The molecule has 1 aromatic carbocycles. The van der Waals surface area contributed by atoms with Crippen molar-refractivity contribution in [3.05, 3.63) is 63.5 Å². The lowest BCUT2D eigenvalue weighted by Crippen LogP contribution is -2.13. The topological polar surface area (TPSA) is 113 Å². The van der Waals surface area contributed by atoms with E-state index in [0.717, 1.165) is 22.7 Å². The Morgan fingerprint density at radius 1 is 0.810 bits per heavy atom. The van der Waals surface area contributed by atoms with Gasteiger partial charge < -0.3 is 5.48 Å². The minimum atomic E-state index is -0.266. The number of benzene rings is 1. The maximum atomic E-state index is 12.4. The largest absolute Gasteiger partial charge is 0.412 e. The Labute approximate surface area is 125 Å². The van der Waals surface area contributed by atoms with E-state index in [9.17, 15) is 9.59 Å². The van der Waals surface area contributed by atoms with E-state index in [0.29, 0.717) is 10.8 Å². The number of nitriles is 2. The quantitative estimate of drug-likeness (QED) is 0.622. The van der Waals surface area contributed by atoms with Gasteiger partial charge in [0.2, 0.25) is 10.9 Å². The number of nitrogens with zero attached hydrogens (tertiary/aromatic N) is 2. The van der Waals surface area contributed by atoms with Crippen LogP contribution in [0, 0.1) is 31.7 Å². The van der Waals surface area contributed by atoms with E-state index >= 15 is 0 Å². The van der Waals surface area contributed by atoms with Gasteiger partial charge in [-0.05, 0) is 0 Å². The van der Waals surface area contributed by atoms with Crippen LogP contribution in [-0.2, 0) is 0 Å². The molecule has 2 N–H and O–H groups in total. The first-order valence-corrected chi connectivity index (χ1v) is 7.13. The molecule has 0 radical (unpaired) electrons. The molecule has 1 heterocycles. The van der Waals surface area contributed by atoms with Crippen molar-refractivity contribution in [3.8, 4) is 12.1 Å². The van der Waals surface area contributed by atoms with E-state index in [4.69, 9.17) is 10.5 Å². The van der Waals surface area contributed by atoms with Gasteiger partial charge in [-0.2, -0.15) is 10.5 Å². The molecule has 7 heteroatoms. The molecule has 0 bridgehead atoms. The lowest BCUT2D eigenvalue weighted by molar-refractivity contribution is 0.824. The van der Waals surface area contributed by atoms with Crippen molar-refractivity contribution in [2.75, 3.05) is 0 Å². The Hall–Kier alpha value is -2.58. The van der Waals surface area contributed by atoms with Crippen LogP contribution in [0.15, 0.2) is 33.9 Å². The van der Waals surface area contributed by atoms with Gasteiger partial charge in [-0.3, -0.25) is 9.59 Å². The summed E-state index contributed by atoms with van der Waals surface area (Å²) >= 11 is 1.82. The van der Waals surface area contributed by atoms with Crippen LogP contribution in [0.5, 0.6) is 0 Å². The van der Waals surface area contributed by atoms with Crippen LogP contribution in [0.25, 0.3) is 10.8 Å². The van der Waals surface area contributed by atoms with Gasteiger partial charge in [-0.15, -0.1) is 22.7 Å². The Morgan fingerprint density at radius 2 is 1.19 bits per heavy atom. The molecule has 0 aromatic heterocycles. The minimum Gasteiger partial charge on any atom is -0.412 e. The predicted molar refractivity (Wildman–Crippen MR) is 80.6 cm³/mol. The molecule has 0 spiro atoms. The van der Waals surface area contributed by atoms with Gasteiger partial charge in [0.25, 0.3) is 0 Å². The predicted octanol–water partition coefficient (Wildman–Crippen LogP) is 1.33. The monoisotopic (exact) mass is 314 g/mol. The fourth-order valence-electron chi connectivity index (χ4n) is 1.96. The SMILES string of the molecule is N#Cc1sc2c(=O)c3ccccc3c(=O)c=2sc1C#N.O. The molecule has 0 unspecified atom stereocenters. The van der Waals surface area contributed by atoms with Crippen molar-refractivity contribution in [1.82, 2.24) is 0 Å². The summed E-state index contributed by atoms with van der Waals surface area (Å²) in [6, 6.07) is 10.4. The molecule has 2 aliphatic rings. The zero-order chi connectivity index (χ0) is 14.3. The van der Waals surface area contributed by atoms with Gasteiger partial charge in [-0.1, -0.05) is 24.3 Å². The Balaban J connectivity index is 0.00000161. The number of rotatable bonds is 0. The summed E-state index contributed by atoms with van der Waals surface area (Å²) in [6.07, 6.45) is 0. The Morgan fingerprint density at radius 3 is 1.52 bits per heavy atom. The maximum Gasteiger partial charge on any atom is 0.205 e. The van der Waals surface area contributed by atoms with Gasteiger partial charge in [-0.25, -0.2) is 0 Å². The number of fused-ring (bicyclic) bond motifs is 1. The van der Waals surface area contributed by atoms with Crippen LogP contribution >= 0.6 is 22.7 Å². The summed E-state index contributed by atoms with van der Waals surface area (Å²) in [6.45, 7) is 0. The smallest absolute Gasteiger partial charge is 0.205 e. The lowest BCUT2D eigenvalue weighted by atomic mass is 10.1. The average Bonchev–Trinajstić information content (AvgIpc) is 2.51. The second-order valence-electron chi connectivity index (χ2n) is 3.95. The summed E-state index contributed by atoms with van der Waals surface area (Å²) in [7, 11) is 0. The lowest BCUT2D eigenvalue weighted by Gasteiger charge is -1.98. The summed E-state index contributed by atoms with van der Waals surface area (Å²) in [4.78, 5) is 25.1. The molecule has 0 saturated heterocycles. The summed E-state index contributed by atoms with van der Waals surface area (Å²) < 4.78 is 0.489. The molecular formula is C14H6N2O3S2. The first kappa shape index (κ1) is 14.8. The molecule has 1 aromatic rings. The third kappa shape index (κ3) is 2.10. The fourth-order valence-corrected chi connectivity index (χ4v) is 4.01. The van der Waals surface area contributed by atoms with E-state index in [1.165, 1.54) is 0 Å². The Bertz CT molecular complexity index is 1030. The van der Waals surface area contributed by atoms with E-state index < -0.39 is 0 Å². The van der Waals surface area contributed by atoms with Gasteiger partial charge in [0.05, 0.1) is 9.06 Å². The summed E-state index contributed by atoms with van der Waals surface area (Å²) in [5.41, 5.74) is -0.533. The third-order valence-corrected chi connectivity index (χ3v) is 5.30. The highest BCUT2D eigenvalue weighted by Crippen LogP contribution is 2.20. The van der Waals surface area contributed by atoms with Crippen LogP contribution in [0.1, 0.15) is 9.75 Å². The molecule has 0 saturated carbocycles.